The molecule has 0 aliphatic rings. The van der Waals surface area contributed by atoms with Gasteiger partial charge in [-0.05, 0) is 48.7 Å². The molecule has 6 nitrogen and oxygen atoms in total. The highest BCUT2D eigenvalue weighted by Gasteiger charge is 2.13. The first kappa shape index (κ1) is 25.0. The van der Waals surface area contributed by atoms with Crippen LogP contribution in [-0.2, 0) is 11.3 Å². The van der Waals surface area contributed by atoms with Gasteiger partial charge in [-0.25, -0.2) is 4.98 Å². The average Bonchev–Trinajstić information content (AvgIpc) is 2.79. The highest BCUT2D eigenvalue weighted by atomic mass is 35.5. The topological polar surface area (TPSA) is 80.3 Å². The van der Waals surface area contributed by atoms with Gasteiger partial charge in [0.25, 0.3) is 5.91 Å². The van der Waals surface area contributed by atoms with E-state index in [1.165, 1.54) is 0 Å². The third kappa shape index (κ3) is 7.46. The summed E-state index contributed by atoms with van der Waals surface area (Å²) in [6, 6.07) is 16.0. The number of carbonyl (C=O) groups is 2. The third-order valence-electron chi connectivity index (χ3n) is 4.92. The Kier molecular flexibility index (Phi) is 8.82. The summed E-state index contributed by atoms with van der Waals surface area (Å²) < 4.78 is 6.01. The zero-order valence-electron chi connectivity index (χ0n) is 19.5. The van der Waals surface area contributed by atoms with Gasteiger partial charge in [0, 0.05) is 41.4 Å². The molecular formula is C27H28ClN3O3. The van der Waals surface area contributed by atoms with E-state index in [-0.39, 0.29) is 18.2 Å². The Morgan fingerprint density at radius 2 is 1.91 bits per heavy atom. The van der Waals surface area contributed by atoms with Crippen molar-refractivity contribution in [2.45, 2.75) is 33.7 Å². The lowest BCUT2D eigenvalue weighted by Gasteiger charge is -2.13. The van der Waals surface area contributed by atoms with Crippen molar-refractivity contribution in [1.29, 1.82) is 0 Å². The number of hydrogen-bond donors (Lipinski definition) is 2. The molecule has 0 spiro atoms. The van der Waals surface area contributed by atoms with E-state index in [1.54, 1.807) is 42.6 Å². The Balaban J connectivity index is 1.66. The summed E-state index contributed by atoms with van der Waals surface area (Å²) in [7, 11) is 0. The third-order valence-corrected chi connectivity index (χ3v) is 5.16. The number of rotatable bonds is 9. The number of aromatic nitrogens is 1. The number of nitrogens with zero attached hydrogens (tertiary/aromatic N) is 1. The van der Waals surface area contributed by atoms with Crippen molar-refractivity contribution in [1.82, 2.24) is 10.3 Å². The Labute approximate surface area is 205 Å². The molecular weight excluding hydrogens is 450 g/mol. The number of pyridine rings is 1. The summed E-state index contributed by atoms with van der Waals surface area (Å²) >= 11 is 6.01. The van der Waals surface area contributed by atoms with Crippen molar-refractivity contribution in [3.8, 4) is 11.5 Å². The average molecular weight is 478 g/mol. The Morgan fingerprint density at radius 3 is 2.68 bits per heavy atom. The first-order valence-electron chi connectivity index (χ1n) is 11.0. The molecule has 176 valence electrons. The molecule has 1 aromatic heterocycles. The standard InChI is InChI=1S/C27H28ClN3O3/c1-18(2)7-4-12-26(32)31-25-16-22(13-14-29-25)34-24-11-6-10-23(19(24)3)27(33)30-17-20-8-5-9-21(28)15-20/h4-11,13-16,18H,12,17H2,1-3H3,(H,30,33)(H,29,31,32)/b7-4-. The molecule has 2 aromatic carbocycles. The van der Waals surface area contributed by atoms with Crippen LogP contribution in [-0.4, -0.2) is 16.8 Å². The Morgan fingerprint density at radius 1 is 1.12 bits per heavy atom. The van der Waals surface area contributed by atoms with Gasteiger partial charge in [0.15, 0.2) is 0 Å². The largest absolute Gasteiger partial charge is 0.457 e. The Bertz CT molecular complexity index is 1190. The maximum absolute atomic E-state index is 12.8. The zero-order chi connectivity index (χ0) is 24.5. The van der Waals surface area contributed by atoms with Gasteiger partial charge in [0.05, 0.1) is 0 Å². The second-order valence-corrected chi connectivity index (χ2v) is 8.58. The van der Waals surface area contributed by atoms with Crippen LogP contribution in [0.3, 0.4) is 0 Å². The molecule has 0 fully saturated rings. The molecule has 2 amide bonds. The molecule has 0 aliphatic heterocycles. The van der Waals surface area contributed by atoms with E-state index in [9.17, 15) is 9.59 Å². The summed E-state index contributed by atoms with van der Waals surface area (Å²) in [5, 5.41) is 6.30. The van der Waals surface area contributed by atoms with Gasteiger partial charge in [-0.3, -0.25) is 9.59 Å². The molecule has 3 rings (SSSR count). The van der Waals surface area contributed by atoms with Crippen LogP contribution in [0.25, 0.3) is 0 Å². The lowest BCUT2D eigenvalue weighted by Crippen LogP contribution is -2.23. The van der Waals surface area contributed by atoms with Crippen molar-refractivity contribution in [2.24, 2.45) is 5.92 Å². The number of halogens is 1. The van der Waals surface area contributed by atoms with E-state index < -0.39 is 0 Å². The molecule has 0 radical (unpaired) electrons. The minimum absolute atomic E-state index is 0.156. The van der Waals surface area contributed by atoms with Crippen molar-refractivity contribution in [3.05, 3.63) is 94.7 Å². The number of nitrogens with one attached hydrogen (secondary N) is 2. The number of allylic oxidation sites excluding steroid dienone is 1. The maximum atomic E-state index is 12.8. The minimum Gasteiger partial charge on any atom is -0.457 e. The fourth-order valence-corrected chi connectivity index (χ4v) is 3.42. The van der Waals surface area contributed by atoms with E-state index in [0.29, 0.717) is 45.9 Å². The Hall–Kier alpha value is -3.64. The van der Waals surface area contributed by atoms with E-state index in [4.69, 9.17) is 16.3 Å². The molecule has 0 aliphatic carbocycles. The first-order valence-corrected chi connectivity index (χ1v) is 11.4. The second-order valence-electron chi connectivity index (χ2n) is 8.14. The normalized spacial score (nSPS) is 11.0. The zero-order valence-corrected chi connectivity index (χ0v) is 20.2. The molecule has 0 bridgehead atoms. The van der Waals surface area contributed by atoms with Crippen LogP contribution in [0.2, 0.25) is 5.02 Å². The van der Waals surface area contributed by atoms with Crippen LogP contribution >= 0.6 is 11.6 Å². The number of carbonyl (C=O) groups excluding carboxylic acids is 2. The molecule has 34 heavy (non-hydrogen) atoms. The number of hydrogen-bond acceptors (Lipinski definition) is 4. The van der Waals surface area contributed by atoms with Crippen molar-refractivity contribution in [3.63, 3.8) is 0 Å². The summed E-state index contributed by atoms with van der Waals surface area (Å²) in [5.41, 5.74) is 2.13. The highest BCUT2D eigenvalue weighted by Crippen LogP contribution is 2.28. The van der Waals surface area contributed by atoms with Gasteiger partial charge in [0.1, 0.15) is 17.3 Å². The van der Waals surface area contributed by atoms with Crippen molar-refractivity contribution in [2.75, 3.05) is 5.32 Å². The molecule has 0 saturated carbocycles. The fourth-order valence-electron chi connectivity index (χ4n) is 3.21. The smallest absolute Gasteiger partial charge is 0.251 e. The van der Waals surface area contributed by atoms with Gasteiger partial charge in [-0.1, -0.05) is 55.8 Å². The molecule has 0 unspecified atom stereocenters. The van der Waals surface area contributed by atoms with Crippen LogP contribution < -0.4 is 15.4 Å². The SMILES string of the molecule is Cc1c(Oc2ccnc(NC(=O)C/C=C\C(C)C)c2)cccc1C(=O)NCc1cccc(Cl)c1. The molecule has 0 atom stereocenters. The lowest BCUT2D eigenvalue weighted by atomic mass is 10.1. The van der Waals surface area contributed by atoms with Gasteiger partial charge >= 0.3 is 0 Å². The monoisotopic (exact) mass is 477 g/mol. The maximum Gasteiger partial charge on any atom is 0.251 e. The number of amides is 2. The highest BCUT2D eigenvalue weighted by molar-refractivity contribution is 6.30. The van der Waals surface area contributed by atoms with Crippen LogP contribution in [0, 0.1) is 12.8 Å². The fraction of sp³-hybridized carbons (Fsp3) is 0.222. The molecule has 1 heterocycles. The van der Waals surface area contributed by atoms with Crippen LogP contribution in [0.5, 0.6) is 11.5 Å². The van der Waals surface area contributed by atoms with E-state index in [0.717, 1.165) is 5.56 Å². The summed E-state index contributed by atoms with van der Waals surface area (Å²) in [6.07, 6.45) is 5.66. The number of anilines is 1. The number of benzene rings is 2. The predicted molar refractivity (Wildman–Crippen MR) is 135 cm³/mol. The first-order chi connectivity index (χ1) is 16.3. The van der Waals surface area contributed by atoms with Crippen molar-refractivity contribution < 1.29 is 14.3 Å². The predicted octanol–water partition coefficient (Wildman–Crippen LogP) is 6.31. The van der Waals surface area contributed by atoms with Crippen LogP contribution in [0.1, 0.15) is 41.8 Å². The molecule has 0 saturated heterocycles. The second kappa shape index (κ2) is 12.0. The summed E-state index contributed by atoms with van der Waals surface area (Å²) in [4.78, 5) is 29.1. The van der Waals surface area contributed by atoms with Gasteiger partial charge in [-0.15, -0.1) is 0 Å². The lowest BCUT2D eigenvalue weighted by molar-refractivity contribution is -0.115. The van der Waals surface area contributed by atoms with E-state index in [2.05, 4.69) is 29.5 Å². The van der Waals surface area contributed by atoms with Crippen molar-refractivity contribution >= 4 is 29.2 Å². The molecule has 2 N–H and O–H groups in total. The van der Waals surface area contributed by atoms with Gasteiger partial charge < -0.3 is 15.4 Å². The van der Waals surface area contributed by atoms with Crippen LogP contribution in [0.15, 0.2) is 72.9 Å². The van der Waals surface area contributed by atoms with E-state index in [1.807, 2.05) is 37.3 Å². The van der Waals surface area contributed by atoms with Gasteiger partial charge in [0.2, 0.25) is 5.91 Å². The van der Waals surface area contributed by atoms with Crippen LogP contribution in [0.4, 0.5) is 5.82 Å². The minimum atomic E-state index is -0.208. The van der Waals surface area contributed by atoms with E-state index >= 15 is 0 Å². The molecule has 3 aromatic rings. The quantitative estimate of drug-likeness (QED) is 0.354. The summed E-state index contributed by atoms with van der Waals surface area (Å²) in [5.74, 6) is 1.46. The molecule has 7 heteroatoms. The summed E-state index contributed by atoms with van der Waals surface area (Å²) in [6.45, 7) is 6.30. The van der Waals surface area contributed by atoms with Gasteiger partial charge in [-0.2, -0.15) is 0 Å². The number of ether oxygens (including phenoxy) is 1.